The van der Waals surface area contributed by atoms with Crippen LogP contribution in [-0.2, 0) is 6.42 Å². The molecule has 0 aliphatic heterocycles. The molecule has 0 spiro atoms. The Morgan fingerprint density at radius 2 is 1.80 bits per heavy atom. The first-order valence-electron chi connectivity index (χ1n) is 7.64. The van der Waals surface area contributed by atoms with Gasteiger partial charge in [0.2, 0.25) is 0 Å². The maximum Gasteiger partial charge on any atom is 0.115 e. The summed E-state index contributed by atoms with van der Waals surface area (Å²) in [6.07, 6.45) is 9.52. The number of aryl methyl sites for hydroxylation is 1. The van der Waals surface area contributed by atoms with Gasteiger partial charge in [-0.15, -0.1) is 0 Å². The number of aromatic hydroxyl groups is 1. The summed E-state index contributed by atoms with van der Waals surface area (Å²) in [5.74, 6) is 0.299. The van der Waals surface area contributed by atoms with Crippen molar-refractivity contribution in [3.8, 4) is 5.75 Å². The maximum atomic E-state index is 10.2. The minimum Gasteiger partial charge on any atom is -0.508 e. The number of phenols is 1. The van der Waals surface area contributed by atoms with Crippen LogP contribution in [0.3, 0.4) is 0 Å². The van der Waals surface area contributed by atoms with Crippen LogP contribution in [-0.4, -0.2) is 27.8 Å². The van der Waals surface area contributed by atoms with Gasteiger partial charge in [0.25, 0.3) is 0 Å². The van der Waals surface area contributed by atoms with Crippen molar-refractivity contribution in [2.75, 3.05) is 6.26 Å². The Morgan fingerprint density at radius 1 is 1.10 bits per heavy atom. The summed E-state index contributed by atoms with van der Waals surface area (Å²) >= 11 is 1.88. The Kier molecular flexibility index (Phi) is 8.79. The van der Waals surface area contributed by atoms with Gasteiger partial charge in [0.15, 0.2) is 0 Å². The van der Waals surface area contributed by atoms with Gasteiger partial charge in [0, 0.05) is 5.25 Å². The predicted molar refractivity (Wildman–Crippen MR) is 88.5 cm³/mol. The molecule has 0 heterocycles. The van der Waals surface area contributed by atoms with Gasteiger partial charge in [-0.05, 0) is 49.6 Å². The number of hydrogen-bond acceptors (Lipinski definition) is 3. The van der Waals surface area contributed by atoms with Gasteiger partial charge in [-0.25, -0.2) is 0 Å². The van der Waals surface area contributed by atoms with Crippen LogP contribution in [0, 0.1) is 0 Å². The molecule has 0 saturated heterocycles. The maximum absolute atomic E-state index is 10.2. The smallest absolute Gasteiger partial charge is 0.115 e. The molecule has 0 saturated carbocycles. The van der Waals surface area contributed by atoms with Gasteiger partial charge in [-0.2, -0.15) is 11.8 Å². The Hall–Kier alpha value is -0.670. The molecule has 0 aliphatic carbocycles. The first-order valence-corrected chi connectivity index (χ1v) is 8.93. The first-order chi connectivity index (χ1) is 9.65. The summed E-state index contributed by atoms with van der Waals surface area (Å²) < 4.78 is 0. The van der Waals surface area contributed by atoms with Gasteiger partial charge < -0.3 is 10.2 Å². The monoisotopic (exact) mass is 296 g/mol. The average Bonchev–Trinajstić information content (AvgIpc) is 2.46. The molecule has 0 bridgehead atoms. The van der Waals surface area contributed by atoms with Crippen LogP contribution in [0.2, 0.25) is 0 Å². The van der Waals surface area contributed by atoms with Crippen LogP contribution in [0.25, 0.3) is 0 Å². The van der Waals surface area contributed by atoms with E-state index >= 15 is 0 Å². The molecule has 1 aromatic rings. The number of benzene rings is 1. The van der Waals surface area contributed by atoms with Gasteiger partial charge in [-0.1, -0.05) is 38.3 Å². The zero-order valence-electron chi connectivity index (χ0n) is 12.7. The van der Waals surface area contributed by atoms with Crippen molar-refractivity contribution in [3.05, 3.63) is 29.8 Å². The molecule has 0 aromatic heterocycles. The van der Waals surface area contributed by atoms with Gasteiger partial charge in [0.05, 0.1) is 6.10 Å². The van der Waals surface area contributed by atoms with Gasteiger partial charge >= 0.3 is 0 Å². The Morgan fingerprint density at radius 3 is 2.40 bits per heavy atom. The summed E-state index contributed by atoms with van der Waals surface area (Å²) in [7, 11) is 0. The lowest BCUT2D eigenvalue weighted by atomic mass is 10.0. The highest BCUT2D eigenvalue weighted by atomic mass is 32.2. The van der Waals surface area contributed by atoms with Crippen LogP contribution in [0.1, 0.15) is 51.0 Å². The van der Waals surface area contributed by atoms with E-state index < -0.39 is 0 Å². The number of unbranched alkanes of at least 4 members (excludes halogenated alkanes) is 2. The van der Waals surface area contributed by atoms with Gasteiger partial charge in [-0.3, -0.25) is 0 Å². The number of rotatable bonds is 10. The molecule has 1 aromatic carbocycles. The lowest BCUT2D eigenvalue weighted by molar-refractivity contribution is 0.153. The topological polar surface area (TPSA) is 40.5 Å². The van der Waals surface area contributed by atoms with E-state index in [0.717, 1.165) is 19.3 Å². The van der Waals surface area contributed by atoms with E-state index in [4.69, 9.17) is 0 Å². The van der Waals surface area contributed by atoms with Crippen molar-refractivity contribution in [2.24, 2.45) is 0 Å². The Labute approximate surface area is 127 Å². The zero-order valence-corrected chi connectivity index (χ0v) is 13.5. The Bertz CT molecular complexity index is 351. The summed E-state index contributed by atoms with van der Waals surface area (Å²) in [5, 5.41) is 20.0. The molecule has 1 rings (SSSR count). The molecule has 2 N–H and O–H groups in total. The summed E-state index contributed by atoms with van der Waals surface area (Å²) in [6, 6.07) is 7.26. The molecule has 3 heteroatoms. The summed E-state index contributed by atoms with van der Waals surface area (Å²) in [4.78, 5) is 0. The third-order valence-electron chi connectivity index (χ3n) is 3.70. The van der Waals surface area contributed by atoms with E-state index in [-0.39, 0.29) is 6.10 Å². The predicted octanol–water partition coefficient (Wildman–Crippen LogP) is 4.39. The third-order valence-corrected chi connectivity index (χ3v) is 4.80. The molecular weight excluding hydrogens is 268 g/mol. The second-order valence-corrected chi connectivity index (χ2v) is 6.59. The van der Waals surface area contributed by atoms with E-state index in [1.807, 2.05) is 23.9 Å². The number of aliphatic hydroxyl groups excluding tert-OH is 1. The average molecular weight is 296 g/mol. The molecular formula is C17H28O2S. The normalized spacial score (nSPS) is 14.2. The highest BCUT2D eigenvalue weighted by molar-refractivity contribution is 7.99. The molecule has 114 valence electrons. The summed E-state index contributed by atoms with van der Waals surface area (Å²) in [6.45, 7) is 2.22. The molecule has 0 amide bonds. The second kappa shape index (κ2) is 10.1. The SMILES string of the molecule is CCCCCC(CC(O)CCc1ccc(O)cc1)SC. The van der Waals surface area contributed by atoms with E-state index in [2.05, 4.69) is 13.2 Å². The highest BCUT2D eigenvalue weighted by Crippen LogP contribution is 2.22. The molecule has 2 nitrogen and oxygen atoms in total. The molecule has 2 atom stereocenters. The van der Waals surface area contributed by atoms with Crippen LogP contribution in [0.15, 0.2) is 24.3 Å². The molecule has 0 aliphatic rings. The number of aliphatic hydroxyl groups is 1. The lowest BCUT2D eigenvalue weighted by Gasteiger charge is -2.18. The van der Waals surface area contributed by atoms with Crippen molar-refractivity contribution in [1.82, 2.24) is 0 Å². The largest absolute Gasteiger partial charge is 0.508 e. The van der Waals surface area contributed by atoms with Crippen molar-refractivity contribution >= 4 is 11.8 Å². The number of thioether (sulfide) groups is 1. The minimum atomic E-state index is -0.220. The molecule has 2 unspecified atom stereocenters. The van der Waals surface area contributed by atoms with Crippen molar-refractivity contribution < 1.29 is 10.2 Å². The van der Waals surface area contributed by atoms with Crippen LogP contribution < -0.4 is 0 Å². The number of phenolic OH excluding ortho intramolecular Hbond substituents is 1. The van der Waals surface area contributed by atoms with E-state index in [9.17, 15) is 10.2 Å². The van der Waals surface area contributed by atoms with Crippen molar-refractivity contribution in [2.45, 2.75) is 63.2 Å². The second-order valence-electron chi connectivity index (χ2n) is 5.45. The quantitative estimate of drug-likeness (QED) is 0.629. The molecule has 20 heavy (non-hydrogen) atoms. The fourth-order valence-corrected chi connectivity index (χ4v) is 3.19. The standard InChI is InChI=1S/C17H28O2S/c1-3-4-5-6-17(20-2)13-16(19)12-9-14-7-10-15(18)11-8-14/h7-8,10-11,16-19H,3-6,9,12-13H2,1-2H3. The lowest BCUT2D eigenvalue weighted by Crippen LogP contribution is -2.16. The Balaban J connectivity index is 2.27. The van der Waals surface area contributed by atoms with Crippen LogP contribution in [0.5, 0.6) is 5.75 Å². The highest BCUT2D eigenvalue weighted by Gasteiger charge is 2.13. The molecule has 0 fully saturated rings. The van der Waals surface area contributed by atoms with E-state index in [1.165, 1.54) is 31.2 Å². The zero-order chi connectivity index (χ0) is 14.8. The minimum absolute atomic E-state index is 0.220. The van der Waals surface area contributed by atoms with Crippen molar-refractivity contribution in [3.63, 3.8) is 0 Å². The van der Waals surface area contributed by atoms with E-state index in [1.54, 1.807) is 12.1 Å². The first kappa shape index (κ1) is 17.4. The molecule has 0 radical (unpaired) electrons. The van der Waals surface area contributed by atoms with Crippen LogP contribution >= 0.6 is 11.8 Å². The number of hydrogen-bond donors (Lipinski definition) is 2. The van der Waals surface area contributed by atoms with Crippen molar-refractivity contribution in [1.29, 1.82) is 0 Å². The fourth-order valence-electron chi connectivity index (χ4n) is 2.37. The van der Waals surface area contributed by atoms with E-state index in [0.29, 0.717) is 11.0 Å². The van der Waals surface area contributed by atoms with Gasteiger partial charge in [0.1, 0.15) is 5.75 Å². The van der Waals surface area contributed by atoms with Crippen LogP contribution in [0.4, 0.5) is 0 Å². The fraction of sp³-hybridized carbons (Fsp3) is 0.647. The summed E-state index contributed by atoms with van der Waals surface area (Å²) in [5.41, 5.74) is 1.17. The third kappa shape index (κ3) is 7.20.